The van der Waals surface area contributed by atoms with Crippen molar-refractivity contribution >= 4 is 15.9 Å². The molecule has 1 atom stereocenters. The predicted molar refractivity (Wildman–Crippen MR) is 85.2 cm³/mol. The molecule has 1 nitrogen and oxygen atoms in total. The van der Waals surface area contributed by atoms with Gasteiger partial charge in [0.05, 0.1) is 7.11 Å². The van der Waals surface area contributed by atoms with E-state index in [1.807, 2.05) is 0 Å². The van der Waals surface area contributed by atoms with Crippen molar-refractivity contribution < 1.29 is 4.74 Å². The van der Waals surface area contributed by atoms with Crippen LogP contribution in [0.3, 0.4) is 0 Å². The van der Waals surface area contributed by atoms with Crippen molar-refractivity contribution in [1.29, 1.82) is 0 Å². The Morgan fingerprint density at radius 3 is 2.47 bits per heavy atom. The molecular weight excluding hydrogens is 300 g/mol. The molecule has 0 radical (unpaired) electrons. The lowest BCUT2D eigenvalue weighted by Gasteiger charge is -2.20. The molecule has 1 saturated carbocycles. The maximum absolute atomic E-state index is 5.28. The van der Waals surface area contributed by atoms with Crippen LogP contribution in [0.1, 0.15) is 60.9 Å². The van der Waals surface area contributed by atoms with Crippen LogP contribution in [0.5, 0.6) is 5.75 Å². The summed E-state index contributed by atoms with van der Waals surface area (Å²) < 4.78 is 5.28. The van der Waals surface area contributed by atoms with Crippen molar-refractivity contribution in [3.8, 4) is 5.75 Å². The third-order valence-corrected chi connectivity index (χ3v) is 5.20. The Morgan fingerprint density at radius 2 is 1.89 bits per heavy atom. The molecule has 1 aromatic carbocycles. The van der Waals surface area contributed by atoms with Gasteiger partial charge in [-0.25, -0.2) is 0 Å². The first-order valence-electron chi connectivity index (χ1n) is 7.49. The van der Waals surface area contributed by atoms with E-state index < -0.39 is 0 Å². The van der Waals surface area contributed by atoms with Gasteiger partial charge in [0.2, 0.25) is 0 Å². The van der Waals surface area contributed by atoms with E-state index in [4.69, 9.17) is 4.74 Å². The topological polar surface area (TPSA) is 9.23 Å². The number of hydrogen-bond acceptors (Lipinski definition) is 1. The van der Waals surface area contributed by atoms with Crippen LogP contribution >= 0.6 is 15.9 Å². The van der Waals surface area contributed by atoms with Crippen LogP contribution in [-0.2, 0) is 0 Å². The third kappa shape index (κ3) is 4.24. The Balaban J connectivity index is 2.00. The summed E-state index contributed by atoms with van der Waals surface area (Å²) in [6, 6.07) is 6.42. The Morgan fingerprint density at radius 1 is 1.21 bits per heavy atom. The molecule has 19 heavy (non-hydrogen) atoms. The second-order valence-corrected chi connectivity index (χ2v) is 6.89. The van der Waals surface area contributed by atoms with Crippen LogP contribution in [0.25, 0.3) is 0 Å². The van der Waals surface area contributed by atoms with Crippen molar-refractivity contribution in [3.63, 3.8) is 0 Å². The molecule has 0 bridgehead atoms. The second kappa shape index (κ2) is 7.33. The largest absolute Gasteiger partial charge is 0.497 e. The molecular formula is C17H25BrO. The van der Waals surface area contributed by atoms with Gasteiger partial charge in [-0.2, -0.15) is 0 Å². The molecule has 2 rings (SSSR count). The number of alkyl halides is 1. The van der Waals surface area contributed by atoms with E-state index in [0.29, 0.717) is 4.83 Å². The van der Waals surface area contributed by atoms with Crippen LogP contribution in [0.15, 0.2) is 18.2 Å². The summed E-state index contributed by atoms with van der Waals surface area (Å²) in [5.74, 6) is 1.85. The first kappa shape index (κ1) is 14.9. The number of methoxy groups -OCH3 is 1. The van der Waals surface area contributed by atoms with E-state index in [9.17, 15) is 0 Å². The molecule has 1 fully saturated rings. The molecule has 1 aromatic rings. The van der Waals surface area contributed by atoms with E-state index in [1.165, 1.54) is 56.1 Å². The van der Waals surface area contributed by atoms with E-state index in [2.05, 4.69) is 41.1 Å². The highest BCUT2D eigenvalue weighted by Gasteiger charge is 2.18. The van der Waals surface area contributed by atoms with Crippen LogP contribution in [0.2, 0.25) is 0 Å². The molecule has 1 aliphatic carbocycles. The average Bonchev–Trinajstić information content (AvgIpc) is 2.67. The van der Waals surface area contributed by atoms with Gasteiger partial charge in [-0.15, -0.1) is 0 Å². The second-order valence-electron chi connectivity index (χ2n) is 5.78. The summed E-state index contributed by atoms with van der Waals surface area (Å²) in [5.41, 5.74) is 2.75. The van der Waals surface area contributed by atoms with Crippen LogP contribution in [0.4, 0.5) is 0 Å². The maximum Gasteiger partial charge on any atom is 0.119 e. The van der Waals surface area contributed by atoms with Crippen LogP contribution in [0, 0.1) is 12.8 Å². The van der Waals surface area contributed by atoms with Gasteiger partial charge in [0.15, 0.2) is 0 Å². The molecule has 0 aromatic heterocycles. The van der Waals surface area contributed by atoms with Gasteiger partial charge < -0.3 is 4.74 Å². The van der Waals surface area contributed by atoms with E-state index >= 15 is 0 Å². The molecule has 0 N–H and O–H groups in total. The lowest BCUT2D eigenvalue weighted by Crippen LogP contribution is -2.04. The summed E-state index contributed by atoms with van der Waals surface area (Å²) in [6.45, 7) is 2.18. The quantitative estimate of drug-likeness (QED) is 0.502. The van der Waals surface area contributed by atoms with Crippen molar-refractivity contribution in [2.45, 2.75) is 56.7 Å². The standard InChI is InChI=1S/C17H25BrO/c1-13-11-15(19-2)9-10-16(13)17(18)12-14-7-5-3-4-6-8-14/h9-11,14,17H,3-8,12H2,1-2H3. The van der Waals surface area contributed by atoms with Crippen molar-refractivity contribution in [1.82, 2.24) is 0 Å². The SMILES string of the molecule is COc1ccc(C(Br)CC2CCCCCC2)c(C)c1. The molecule has 0 amide bonds. The number of hydrogen-bond donors (Lipinski definition) is 0. The van der Waals surface area contributed by atoms with E-state index in [0.717, 1.165) is 11.7 Å². The van der Waals surface area contributed by atoms with Crippen molar-refractivity contribution in [2.24, 2.45) is 5.92 Å². The lowest BCUT2D eigenvalue weighted by atomic mass is 9.91. The zero-order chi connectivity index (χ0) is 13.7. The van der Waals surface area contributed by atoms with Crippen molar-refractivity contribution in [3.05, 3.63) is 29.3 Å². The highest BCUT2D eigenvalue weighted by atomic mass is 79.9. The van der Waals surface area contributed by atoms with Crippen LogP contribution in [-0.4, -0.2) is 7.11 Å². The van der Waals surface area contributed by atoms with Crippen molar-refractivity contribution in [2.75, 3.05) is 7.11 Å². The van der Waals surface area contributed by atoms with Gasteiger partial charge in [-0.3, -0.25) is 0 Å². The summed E-state index contributed by atoms with van der Waals surface area (Å²) in [6.07, 6.45) is 9.82. The highest BCUT2D eigenvalue weighted by Crippen LogP contribution is 2.37. The highest BCUT2D eigenvalue weighted by molar-refractivity contribution is 9.09. The van der Waals surface area contributed by atoms with Gasteiger partial charge in [0, 0.05) is 4.83 Å². The Hall–Kier alpha value is -0.500. The number of rotatable bonds is 4. The zero-order valence-corrected chi connectivity index (χ0v) is 13.7. The zero-order valence-electron chi connectivity index (χ0n) is 12.1. The molecule has 106 valence electrons. The predicted octanol–water partition coefficient (Wildman–Crippen LogP) is 5.80. The van der Waals surface area contributed by atoms with Gasteiger partial charge in [0.25, 0.3) is 0 Å². The van der Waals surface area contributed by atoms with Crippen LogP contribution < -0.4 is 4.74 Å². The molecule has 0 heterocycles. The third-order valence-electron chi connectivity index (χ3n) is 4.33. The summed E-state index contributed by atoms with van der Waals surface area (Å²) in [4.78, 5) is 0.488. The van der Waals surface area contributed by atoms with Gasteiger partial charge in [0.1, 0.15) is 5.75 Å². The molecule has 2 heteroatoms. The fourth-order valence-electron chi connectivity index (χ4n) is 3.15. The fraction of sp³-hybridized carbons (Fsp3) is 0.647. The number of aryl methyl sites for hydroxylation is 1. The minimum absolute atomic E-state index is 0.488. The van der Waals surface area contributed by atoms with E-state index in [-0.39, 0.29) is 0 Å². The summed E-state index contributed by atoms with van der Waals surface area (Å²) in [5, 5.41) is 0. The average molecular weight is 325 g/mol. The lowest BCUT2D eigenvalue weighted by molar-refractivity contribution is 0.413. The summed E-state index contributed by atoms with van der Waals surface area (Å²) >= 11 is 3.90. The van der Waals surface area contributed by atoms with Gasteiger partial charge in [-0.1, -0.05) is 60.5 Å². The first-order chi connectivity index (χ1) is 9.20. The minimum atomic E-state index is 0.488. The first-order valence-corrected chi connectivity index (χ1v) is 8.41. The number of benzene rings is 1. The molecule has 1 unspecified atom stereocenters. The summed E-state index contributed by atoms with van der Waals surface area (Å²) in [7, 11) is 1.73. The maximum atomic E-state index is 5.28. The molecule has 1 aliphatic rings. The smallest absolute Gasteiger partial charge is 0.119 e. The molecule has 0 spiro atoms. The molecule has 0 saturated heterocycles. The minimum Gasteiger partial charge on any atom is -0.497 e. The van der Waals surface area contributed by atoms with E-state index in [1.54, 1.807) is 7.11 Å². The van der Waals surface area contributed by atoms with Gasteiger partial charge in [-0.05, 0) is 42.5 Å². The monoisotopic (exact) mass is 324 g/mol. The van der Waals surface area contributed by atoms with Gasteiger partial charge >= 0.3 is 0 Å². The fourth-order valence-corrected chi connectivity index (χ4v) is 4.19. The Labute approximate surface area is 125 Å². The number of ether oxygens (including phenoxy) is 1. The normalized spacial score (nSPS) is 18.9. The Bertz CT molecular complexity index is 394. The molecule has 0 aliphatic heterocycles. The number of halogens is 1. The Kier molecular flexibility index (Phi) is 5.75.